The number of rotatable bonds is 18. The van der Waals surface area contributed by atoms with Gasteiger partial charge in [0, 0.05) is 65.8 Å². The van der Waals surface area contributed by atoms with E-state index in [9.17, 15) is 4.80 Å². The third-order valence-corrected chi connectivity index (χ3v) is 5.59. The van der Waals surface area contributed by atoms with E-state index in [1.807, 2.05) is 0 Å². The van der Waals surface area contributed by atoms with Crippen molar-refractivity contribution in [1.82, 2.24) is 0 Å². The molecular weight excluding hydrogens is 520 g/mol. The molecule has 0 fully saturated rings. The molecule has 0 rings (SSSR count). The average molecular weight is 578 g/mol. The van der Waals surface area contributed by atoms with Crippen molar-refractivity contribution in [1.29, 1.82) is 0 Å². The van der Waals surface area contributed by atoms with E-state index in [-0.39, 0.29) is 26.2 Å². The van der Waals surface area contributed by atoms with Crippen molar-refractivity contribution in [3.05, 3.63) is 0 Å². The van der Waals surface area contributed by atoms with E-state index in [0.717, 1.165) is 77.0 Å². The van der Waals surface area contributed by atoms with Crippen LogP contribution in [0.25, 0.3) is 0 Å². The molecule has 4 N–H and O–H groups in total. The zero-order valence-electron chi connectivity index (χ0n) is 22.7. The van der Waals surface area contributed by atoms with Gasteiger partial charge >= 0.3 is 9.05 Å². The molecular formula is C24H58O7SiZr. The Balaban J connectivity index is -0.000000133. The Bertz CT molecular complexity index is 245. The SMILES string of the molecule is CCCCO.CCCCO.CCCCO.CCCCO[Si](O)(OCCCC)OCCCC.[Zr]. The summed E-state index contributed by atoms with van der Waals surface area (Å²) in [6.45, 7) is 15.0. The molecule has 0 aromatic rings. The molecule has 9 heteroatoms. The summed E-state index contributed by atoms with van der Waals surface area (Å²) in [5.41, 5.74) is 0. The van der Waals surface area contributed by atoms with Crippen molar-refractivity contribution < 1.29 is 59.6 Å². The Labute approximate surface area is 226 Å². The van der Waals surface area contributed by atoms with Crippen LogP contribution in [0.2, 0.25) is 0 Å². The quantitative estimate of drug-likeness (QED) is 0.131. The van der Waals surface area contributed by atoms with Gasteiger partial charge < -0.3 is 33.4 Å². The van der Waals surface area contributed by atoms with Gasteiger partial charge in [-0.2, -0.15) is 0 Å². The van der Waals surface area contributed by atoms with Crippen LogP contribution in [0, 0.1) is 0 Å². The van der Waals surface area contributed by atoms with Crippen LogP contribution in [-0.2, 0) is 39.5 Å². The molecule has 0 amide bonds. The second-order valence-electron chi connectivity index (χ2n) is 7.36. The Hall–Kier alpha value is 0.820. The van der Waals surface area contributed by atoms with Crippen molar-refractivity contribution in [3.8, 4) is 0 Å². The maximum atomic E-state index is 10.2. The first-order valence-electron chi connectivity index (χ1n) is 12.9. The van der Waals surface area contributed by atoms with Crippen LogP contribution < -0.4 is 0 Å². The van der Waals surface area contributed by atoms with Gasteiger partial charge in [-0.15, -0.1) is 0 Å². The first-order chi connectivity index (χ1) is 15.4. The summed E-state index contributed by atoms with van der Waals surface area (Å²) in [5.74, 6) is 0. The van der Waals surface area contributed by atoms with E-state index in [2.05, 4.69) is 41.5 Å². The van der Waals surface area contributed by atoms with Crippen LogP contribution in [0.1, 0.15) is 119 Å². The fourth-order valence-electron chi connectivity index (χ4n) is 1.64. The summed E-state index contributed by atoms with van der Waals surface area (Å²) in [6.07, 6.45) is 12.0. The minimum absolute atomic E-state index is 0. The number of hydrogen-bond acceptors (Lipinski definition) is 7. The molecule has 0 aliphatic rings. The molecule has 0 radical (unpaired) electrons. The number of aliphatic hydroxyl groups excluding tert-OH is 3. The fraction of sp³-hybridized carbons (Fsp3) is 1.00. The molecule has 0 aliphatic heterocycles. The van der Waals surface area contributed by atoms with Gasteiger partial charge in [-0.25, -0.2) is 0 Å². The molecule has 7 nitrogen and oxygen atoms in total. The molecule has 0 atom stereocenters. The number of aliphatic hydroxyl groups is 3. The molecule has 0 aliphatic carbocycles. The predicted molar refractivity (Wildman–Crippen MR) is 137 cm³/mol. The van der Waals surface area contributed by atoms with Gasteiger partial charge in [0.2, 0.25) is 0 Å². The Morgan fingerprint density at radius 2 is 0.667 bits per heavy atom. The number of hydrogen-bond donors (Lipinski definition) is 4. The predicted octanol–water partition coefficient (Wildman–Crippen LogP) is 5.20. The van der Waals surface area contributed by atoms with Crippen LogP contribution >= 0.6 is 0 Å². The van der Waals surface area contributed by atoms with E-state index in [1.165, 1.54) is 0 Å². The molecule has 0 spiro atoms. The van der Waals surface area contributed by atoms with Crippen LogP contribution in [0.3, 0.4) is 0 Å². The minimum atomic E-state index is -3.36. The molecule has 0 bridgehead atoms. The van der Waals surface area contributed by atoms with Crippen LogP contribution in [0.15, 0.2) is 0 Å². The fourth-order valence-corrected chi connectivity index (χ4v) is 3.09. The van der Waals surface area contributed by atoms with Crippen molar-refractivity contribution >= 4 is 9.05 Å². The van der Waals surface area contributed by atoms with Crippen LogP contribution in [0.4, 0.5) is 0 Å². The summed E-state index contributed by atoms with van der Waals surface area (Å²) in [7, 11) is -3.36. The van der Waals surface area contributed by atoms with Gasteiger partial charge in [-0.1, -0.05) is 80.1 Å². The van der Waals surface area contributed by atoms with Crippen molar-refractivity contribution in [2.24, 2.45) is 0 Å². The zero-order valence-corrected chi connectivity index (χ0v) is 26.2. The third kappa shape index (κ3) is 50.6. The first kappa shape index (κ1) is 43.9. The van der Waals surface area contributed by atoms with Gasteiger partial charge in [-0.05, 0) is 38.5 Å². The summed E-state index contributed by atoms with van der Waals surface area (Å²) >= 11 is 0. The standard InChI is InChI=1S/C12H28O4Si.3C4H10O.Zr/c1-4-7-10-14-17(13,15-11-8-5-2)16-12-9-6-3;3*1-2-3-4-5;/h13H,4-12H2,1-3H3;3*5H,2-4H2,1H3;. The Morgan fingerprint density at radius 1 is 0.455 bits per heavy atom. The van der Waals surface area contributed by atoms with E-state index < -0.39 is 9.05 Å². The monoisotopic (exact) mass is 576 g/mol. The molecule has 33 heavy (non-hydrogen) atoms. The van der Waals surface area contributed by atoms with Gasteiger partial charge in [0.05, 0.1) is 0 Å². The van der Waals surface area contributed by atoms with Crippen molar-refractivity contribution in [3.63, 3.8) is 0 Å². The summed E-state index contributed by atoms with van der Waals surface area (Å²) in [4.78, 5) is 10.2. The molecule has 0 saturated carbocycles. The van der Waals surface area contributed by atoms with Gasteiger partial charge in [0.1, 0.15) is 0 Å². The van der Waals surface area contributed by atoms with E-state index in [1.54, 1.807) is 0 Å². The number of unbranched alkanes of at least 4 members (excludes halogenated alkanes) is 6. The molecule has 0 aromatic heterocycles. The largest absolute Gasteiger partial charge is 0.676 e. The molecule has 204 valence electrons. The van der Waals surface area contributed by atoms with Crippen molar-refractivity contribution in [2.75, 3.05) is 39.6 Å². The summed E-state index contributed by atoms with van der Waals surface area (Å²) < 4.78 is 16.2. The second-order valence-corrected chi connectivity index (χ2v) is 9.28. The minimum Gasteiger partial charge on any atom is -0.396 e. The normalized spacial score (nSPS) is 10.0. The van der Waals surface area contributed by atoms with Crippen molar-refractivity contribution in [2.45, 2.75) is 119 Å². The average Bonchev–Trinajstić information content (AvgIpc) is 2.77. The van der Waals surface area contributed by atoms with Gasteiger partial charge in [0.25, 0.3) is 0 Å². The second kappa shape index (κ2) is 42.9. The smallest absolute Gasteiger partial charge is 0.396 e. The molecule has 0 unspecified atom stereocenters. The van der Waals surface area contributed by atoms with Gasteiger partial charge in [0.15, 0.2) is 0 Å². The molecule has 0 heterocycles. The van der Waals surface area contributed by atoms with Gasteiger partial charge in [-0.3, -0.25) is 0 Å². The topological polar surface area (TPSA) is 109 Å². The molecule has 0 aromatic carbocycles. The Morgan fingerprint density at radius 3 is 0.788 bits per heavy atom. The van der Waals surface area contributed by atoms with E-state index in [4.69, 9.17) is 28.6 Å². The molecule has 0 saturated heterocycles. The van der Waals surface area contributed by atoms with E-state index >= 15 is 0 Å². The summed E-state index contributed by atoms with van der Waals surface area (Å²) in [6, 6.07) is 0. The Kier molecular flexibility index (Phi) is 57.1. The van der Waals surface area contributed by atoms with Crippen LogP contribution in [0.5, 0.6) is 0 Å². The summed E-state index contributed by atoms with van der Waals surface area (Å²) in [5, 5.41) is 24.2. The first-order valence-corrected chi connectivity index (χ1v) is 14.6. The maximum Gasteiger partial charge on any atom is 0.676 e. The van der Waals surface area contributed by atoms with E-state index in [0.29, 0.717) is 39.6 Å². The third-order valence-electron chi connectivity index (χ3n) is 3.88. The maximum absolute atomic E-state index is 10.2. The van der Waals surface area contributed by atoms with Crippen LogP contribution in [-0.4, -0.2) is 68.8 Å². The zero-order chi connectivity index (χ0) is 25.3.